The number of hydrogen-bond donors (Lipinski definition) is 0. The number of hydrogen-bond acceptors (Lipinski definition) is 1. The quantitative estimate of drug-likeness (QED) is 0.758. The molecule has 0 bridgehead atoms. The second-order valence-electron chi connectivity index (χ2n) is 4.95. The zero-order chi connectivity index (χ0) is 12.1. The third-order valence-corrected chi connectivity index (χ3v) is 3.55. The molecule has 1 aromatic carbocycles. The molecule has 0 amide bonds. The summed E-state index contributed by atoms with van der Waals surface area (Å²) in [6.07, 6.45) is 6.95. The second-order valence-corrected chi connectivity index (χ2v) is 4.95. The van der Waals surface area contributed by atoms with E-state index in [1.54, 1.807) is 12.1 Å². The van der Waals surface area contributed by atoms with Crippen molar-refractivity contribution >= 4 is 5.78 Å². The van der Waals surface area contributed by atoms with Crippen molar-refractivity contribution in [1.82, 2.24) is 0 Å². The van der Waals surface area contributed by atoms with Crippen molar-refractivity contribution in [1.29, 1.82) is 0 Å². The fourth-order valence-corrected chi connectivity index (χ4v) is 2.57. The molecule has 1 aliphatic carbocycles. The van der Waals surface area contributed by atoms with Crippen molar-refractivity contribution in [2.75, 3.05) is 0 Å². The van der Waals surface area contributed by atoms with Gasteiger partial charge in [-0.15, -0.1) is 0 Å². The van der Waals surface area contributed by atoms with Gasteiger partial charge in [-0.1, -0.05) is 31.4 Å². The predicted molar refractivity (Wildman–Crippen MR) is 66.3 cm³/mol. The predicted octanol–water partition coefficient (Wildman–Crippen LogP) is 3.91. The van der Waals surface area contributed by atoms with E-state index in [0.717, 1.165) is 24.8 Å². The first kappa shape index (κ1) is 12.3. The molecule has 2 heteroatoms. The van der Waals surface area contributed by atoms with Gasteiger partial charge in [-0.2, -0.15) is 0 Å². The van der Waals surface area contributed by atoms with E-state index in [0.29, 0.717) is 18.6 Å². The Morgan fingerprint density at radius 3 is 2.82 bits per heavy atom. The highest BCUT2D eigenvalue weighted by Gasteiger charge is 2.20. The molecule has 92 valence electrons. The Hall–Kier alpha value is -1.18. The van der Waals surface area contributed by atoms with E-state index < -0.39 is 0 Å². The molecule has 0 aliphatic heterocycles. The molecule has 0 saturated heterocycles. The van der Waals surface area contributed by atoms with Gasteiger partial charge in [0, 0.05) is 12.3 Å². The minimum absolute atomic E-state index is 0.108. The van der Waals surface area contributed by atoms with Crippen molar-refractivity contribution in [2.45, 2.75) is 44.9 Å². The maximum atomic E-state index is 13.1. The standard InChI is InChI=1S/C15H19FO/c16-14-8-5-6-12(11-14)10-13-7-3-1-2-4-9-15(13)17/h5-6,8,11,13H,1-4,7,9-10H2. The SMILES string of the molecule is O=C1CCCCCCC1Cc1cccc(F)c1. The van der Waals surface area contributed by atoms with Crippen LogP contribution in [0, 0.1) is 11.7 Å². The first-order valence-electron chi connectivity index (χ1n) is 6.53. The minimum atomic E-state index is -0.208. The monoisotopic (exact) mass is 234 g/mol. The number of benzene rings is 1. The van der Waals surface area contributed by atoms with Crippen molar-refractivity contribution in [2.24, 2.45) is 5.92 Å². The van der Waals surface area contributed by atoms with Crippen LogP contribution in [-0.4, -0.2) is 5.78 Å². The summed E-state index contributed by atoms with van der Waals surface area (Å²) < 4.78 is 13.1. The molecule has 1 nitrogen and oxygen atoms in total. The van der Waals surface area contributed by atoms with Gasteiger partial charge in [0.25, 0.3) is 0 Å². The number of rotatable bonds is 2. The van der Waals surface area contributed by atoms with Crippen LogP contribution in [0.2, 0.25) is 0 Å². The van der Waals surface area contributed by atoms with E-state index in [1.807, 2.05) is 6.07 Å². The average molecular weight is 234 g/mol. The van der Waals surface area contributed by atoms with Gasteiger partial charge < -0.3 is 0 Å². The molecular weight excluding hydrogens is 215 g/mol. The van der Waals surface area contributed by atoms with Gasteiger partial charge in [0.05, 0.1) is 0 Å². The van der Waals surface area contributed by atoms with E-state index in [9.17, 15) is 9.18 Å². The molecule has 0 N–H and O–H groups in total. The maximum absolute atomic E-state index is 13.1. The molecule has 1 fully saturated rings. The van der Waals surface area contributed by atoms with E-state index in [4.69, 9.17) is 0 Å². The van der Waals surface area contributed by atoms with Crippen LogP contribution in [-0.2, 0) is 11.2 Å². The summed E-state index contributed by atoms with van der Waals surface area (Å²) in [7, 11) is 0. The van der Waals surface area contributed by atoms with Crippen molar-refractivity contribution in [3.63, 3.8) is 0 Å². The Morgan fingerprint density at radius 1 is 1.18 bits per heavy atom. The van der Waals surface area contributed by atoms with E-state index >= 15 is 0 Å². The van der Waals surface area contributed by atoms with Crippen molar-refractivity contribution < 1.29 is 9.18 Å². The fourth-order valence-electron chi connectivity index (χ4n) is 2.57. The lowest BCUT2D eigenvalue weighted by Crippen LogP contribution is -2.18. The molecule has 1 aliphatic rings. The van der Waals surface area contributed by atoms with Gasteiger partial charge in [-0.3, -0.25) is 4.79 Å². The van der Waals surface area contributed by atoms with Crippen molar-refractivity contribution in [3.05, 3.63) is 35.6 Å². The zero-order valence-corrected chi connectivity index (χ0v) is 10.1. The molecule has 1 aromatic rings. The number of ketones is 1. The lowest BCUT2D eigenvalue weighted by molar-refractivity contribution is -0.123. The summed E-state index contributed by atoms with van der Waals surface area (Å²) in [6, 6.07) is 6.63. The van der Waals surface area contributed by atoms with Gasteiger partial charge >= 0.3 is 0 Å². The van der Waals surface area contributed by atoms with Gasteiger partial charge in [0.1, 0.15) is 11.6 Å². The molecule has 0 radical (unpaired) electrons. The molecule has 1 saturated carbocycles. The van der Waals surface area contributed by atoms with Crippen LogP contribution in [0.4, 0.5) is 4.39 Å². The van der Waals surface area contributed by atoms with Crippen molar-refractivity contribution in [3.8, 4) is 0 Å². The highest BCUT2D eigenvalue weighted by atomic mass is 19.1. The normalized spacial score (nSPS) is 21.9. The van der Waals surface area contributed by atoms with Crippen LogP contribution in [0.1, 0.15) is 44.1 Å². The summed E-state index contributed by atoms with van der Waals surface area (Å²) >= 11 is 0. The number of halogens is 1. The Kier molecular flexibility index (Phi) is 4.29. The van der Waals surface area contributed by atoms with E-state index in [2.05, 4.69) is 0 Å². The smallest absolute Gasteiger partial charge is 0.136 e. The van der Waals surface area contributed by atoms with Crippen LogP contribution < -0.4 is 0 Å². The van der Waals surface area contributed by atoms with E-state index in [-0.39, 0.29) is 11.7 Å². The number of carbonyl (C=O) groups excluding carboxylic acids is 1. The summed E-state index contributed by atoms with van der Waals surface area (Å²) in [6.45, 7) is 0. The number of carbonyl (C=O) groups is 1. The lowest BCUT2D eigenvalue weighted by Gasteiger charge is -2.18. The summed E-state index contributed by atoms with van der Waals surface area (Å²) in [5.41, 5.74) is 0.948. The molecule has 1 unspecified atom stereocenters. The number of Topliss-reactive ketones (excluding diaryl/α,β-unsaturated/α-hetero) is 1. The molecule has 2 rings (SSSR count). The highest BCUT2D eigenvalue weighted by Crippen LogP contribution is 2.23. The molecule has 1 atom stereocenters. The lowest BCUT2D eigenvalue weighted by atomic mass is 9.86. The van der Waals surface area contributed by atoms with Crippen LogP contribution in [0.5, 0.6) is 0 Å². The fraction of sp³-hybridized carbons (Fsp3) is 0.533. The Balaban J connectivity index is 2.02. The minimum Gasteiger partial charge on any atom is -0.299 e. The van der Waals surface area contributed by atoms with Gasteiger partial charge in [-0.25, -0.2) is 4.39 Å². The van der Waals surface area contributed by atoms with Crippen LogP contribution in [0.25, 0.3) is 0 Å². The largest absolute Gasteiger partial charge is 0.299 e. The molecule has 0 spiro atoms. The van der Waals surface area contributed by atoms with Crippen LogP contribution >= 0.6 is 0 Å². The van der Waals surface area contributed by atoms with E-state index in [1.165, 1.54) is 18.9 Å². The zero-order valence-electron chi connectivity index (χ0n) is 10.1. The van der Waals surface area contributed by atoms with Crippen LogP contribution in [0.15, 0.2) is 24.3 Å². The Labute approximate surface area is 102 Å². The third-order valence-electron chi connectivity index (χ3n) is 3.55. The Morgan fingerprint density at radius 2 is 2.00 bits per heavy atom. The van der Waals surface area contributed by atoms with Crippen LogP contribution in [0.3, 0.4) is 0 Å². The van der Waals surface area contributed by atoms with Gasteiger partial charge in [0.15, 0.2) is 0 Å². The molecule has 0 heterocycles. The third kappa shape index (κ3) is 3.65. The first-order chi connectivity index (χ1) is 8.25. The summed E-state index contributed by atoms with van der Waals surface area (Å²) in [5.74, 6) is 0.270. The van der Waals surface area contributed by atoms with Gasteiger partial charge in [0.2, 0.25) is 0 Å². The molecular formula is C15H19FO. The molecule has 17 heavy (non-hydrogen) atoms. The molecule has 0 aromatic heterocycles. The maximum Gasteiger partial charge on any atom is 0.136 e. The summed E-state index contributed by atoms with van der Waals surface area (Å²) in [4.78, 5) is 12.0. The van der Waals surface area contributed by atoms with Gasteiger partial charge in [-0.05, 0) is 37.0 Å². The summed E-state index contributed by atoms with van der Waals surface area (Å²) in [5, 5.41) is 0. The average Bonchev–Trinajstić information content (AvgIpc) is 2.29. The topological polar surface area (TPSA) is 17.1 Å². The second kappa shape index (κ2) is 5.95. The first-order valence-corrected chi connectivity index (χ1v) is 6.53. The highest BCUT2D eigenvalue weighted by molar-refractivity contribution is 5.81. The Bertz CT molecular complexity index is 386.